The molecular formula is C12H11N3O4. The maximum atomic E-state index is 11.9. The Labute approximate surface area is 107 Å². The van der Waals surface area contributed by atoms with Crippen molar-refractivity contribution in [2.24, 2.45) is 7.05 Å². The van der Waals surface area contributed by atoms with Gasteiger partial charge in [0.1, 0.15) is 0 Å². The van der Waals surface area contributed by atoms with Crippen molar-refractivity contribution < 1.29 is 9.90 Å². The number of aryl methyl sites for hydroxylation is 1. The second kappa shape index (κ2) is 4.89. The molecule has 0 saturated heterocycles. The molecule has 98 valence electrons. The quantitative estimate of drug-likeness (QED) is 0.817. The lowest BCUT2D eigenvalue weighted by Crippen LogP contribution is -2.43. The highest BCUT2D eigenvalue weighted by Crippen LogP contribution is 1.98. The summed E-state index contributed by atoms with van der Waals surface area (Å²) in [6, 6.07) is 8.83. The van der Waals surface area contributed by atoms with Crippen molar-refractivity contribution in [3.05, 3.63) is 62.4 Å². The number of aromatic nitrogens is 3. The van der Waals surface area contributed by atoms with Crippen LogP contribution in [-0.4, -0.2) is 25.4 Å². The predicted molar refractivity (Wildman–Crippen MR) is 66.2 cm³/mol. The van der Waals surface area contributed by atoms with Gasteiger partial charge in [0.2, 0.25) is 5.69 Å². The molecule has 0 amide bonds. The fraction of sp³-hybridized carbons (Fsp3) is 0.167. The minimum absolute atomic E-state index is 0.00907. The molecule has 0 aliphatic rings. The standard InChI is InChI=1S/C12H11N3O4/c1-14-12(19)15(7-8-5-3-2-4-6-8)10(16)9(13-14)11(17)18/h2-6H,7H2,1H3,(H,17,18). The number of hydrogen-bond donors (Lipinski definition) is 1. The van der Waals surface area contributed by atoms with Crippen molar-refractivity contribution in [1.82, 2.24) is 14.3 Å². The highest BCUT2D eigenvalue weighted by molar-refractivity contribution is 5.84. The molecule has 1 heterocycles. The summed E-state index contributed by atoms with van der Waals surface area (Å²) >= 11 is 0. The molecule has 0 atom stereocenters. The van der Waals surface area contributed by atoms with E-state index in [1.165, 1.54) is 7.05 Å². The highest BCUT2D eigenvalue weighted by atomic mass is 16.4. The number of benzene rings is 1. The normalized spacial score (nSPS) is 10.4. The van der Waals surface area contributed by atoms with Crippen LogP contribution in [0.4, 0.5) is 0 Å². The zero-order valence-corrected chi connectivity index (χ0v) is 10.1. The molecule has 0 aliphatic carbocycles. The van der Waals surface area contributed by atoms with Gasteiger partial charge in [-0.05, 0) is 5.56 Å². The summed E-state index contributed by atoms with van der Waals surface area (Å²) in [5.41, 5.74) is -1.50. The van der Waals surface area contributed by atoms with Crippen molar-refractivity contribution in [2.75, 3.05) is 0 Å². The lowest BCUT2D eigenvalue weighted by atomic mass is 10.2. The van der Waals surface area contributed by atoms with E-state index in [-0.39, 0.29) is 6.54 Å². The first-order valence-electron chi connectivity index (χ1n) is 5.46. The predicted octanol–water partition coefficient (Wildman–Crippen LogP) is -0.311. The highest BCUT2D eigenvalue weighted by Gasteiger charge is 2.17. The first kappa shape index (κ1) is 12.7. The first-order valence-corrected chi connectivity index (χ1v) is 5.46. The zero-order valence-electron chi connectivity index (χ0n) is 10.1. The van der Waals surface area contributed by atoms with E-state index in [0.29, 0.717) is 0 Å². The molecule has 0 unspecified atom stereocenters. The minimum Gasteiger partial charge on any atom is -0.476 e. The van der Waals surface area contributed by atoms with Gasteiger partial charge in [0.05, 0.1) is 6.54 Å². The largest absolute Gasteiger partial charge is 0.476 e. The van der Waals surface area contributed by atoms with Crippen molar-refractivity contribution in [2.45, 2.75) is 6.54 Å². The molecule has 2 aromatic rings. The molecular weight excluding hydrogens is 250 g/mol. The lowest BCUT2D eigenvalue weighted by Gasteiger charge is -2.07. The van der Waals surface area contributed by atoms with Gasteiger partial charge in [-0.1, -0.05) is 30.3 Å². The smallest absolute Gasteiger partial charge is 0.362 e. The molecule has 1 aromatic heterocycles. The number of carbonyl (C=O) groups is 1. The third kappa shape index (κ3) is 2.44. The van der Waals surface area contributed by atoms with Gasteiger partial charge in [0, 0.05) is 7.05 Å². The molecule has 7 heteroatoms. The van der Waals surface area contributed by atoms with Crippen LogP contribution in [0.5, 0.6) is 0 Å². The van der Waals surface area contributed by atoms with E-state index in [4.69, 9.17) is 5.11 Å². The summed E-state index contributed by atoms with van der Waals surface area (Å²) in [5.74, 6) is -1.46. The number of aromatic carboxylic acids is 1. The van der Waals surface area contributed by atoms with E-state index in [1.54, 1.807) is 30.3 Å². The number of rotatable bonds is 3. The Bertz CT molecular complexity index is 731. The van der Waals surface area contributed by atoms with E-state index in [0.717, 1.165) is 14.8 Å². The van der Waals surface area contributed by atoms with Crippen LogP contribution in [0.3, 0.4) is 0 Å². The van der Waals surface area contributed by atoms with E-state index in [1.807, 2.05) is 0 Å². The summed E-state index contributed by atoms with van der Waals surface area (Å²) in [7, 11) is 1.30. The lowest BCUT2D eigenvalue weighted by molar-refractivity contribution is 0.0683. The van der Waals surface area contributed by atoms with Crippen LogP contribution in [0.25, 0.3) is 0 Å². The van der Waals surface area contributed by atoms with E-state index >= 15 is 0 Å². The fourth-order valence-electron chi connectivity index (χ4n) is 1.66. The van der Waals surface area contributed by atoms with Gasteiger partial charge in [-0.25, -0.2) is 14.3 Å². The van der Waals surface area contributed by atoms with Gasteiger partial charge in [0.25, 0.3) is 5.56 Å². The average molecular weight is 261 g/mol. The van der Waals surface area contributed by atoms with E-state index < -0.39 is 22.9 Å². The van der Waals surface area contributed by atoms with Gasteiger partial charge in [-0.15, -0.1) is 0 Å². The molecule has 0 fully saturated rings. The van der Waals surface area contributed by atoms with Crippen molar-refractivity contribution in [3.8, 4) is 0 Å². The molecule has 0 bridgehead atoms. The molecule has 0 radical (unpaired) electrons. The third-order valence-corrected chi connectivity index (χ3v) is 2.59. The fourth-order valence-corrected chi connectivity index (χ4v) is 1.66. The molecule has 0 aliphatic heterocycles. The van der Waals surface area contributed by atoms with Crippen LogP contribution in [0.15, 0.2) is 39.9 Å². The second-order valence-electron chi connectivity index (χ2n) is 3.94. The Hall–Kier alpha value is -2.70. The third-order valence-electron chi connectivity index (χ3n) is 2.59. The zero-order chi connectivity index (χ0) is 14.0. The Morgan fingerprint density at radius 3 is 2.47 bits per heavy atom. The van der Waals surface area contributed by atoms with Gasteiger partial charge >= 0.3 is 11.7 Å². The summed E-state index contributed by atoms with van der Waals surface area (Å²) in [6.45, 7) is 0.00907. The van der Waals surface area contributed by atoms with Crippen LogP contribution >= 0.6 is 0 Å². The number of carboxylic acids is 1. The minimum atomic E-state index is -1.46. The summed E-state index contributed by atoms with van der Waals surface area (Å²) in [6.07, 6.45) is 0. The molecule has 1 aromatic carbocycles. The van der Waals surface area contributed by atoms with E-state index in [2.05, 4.69) is 5.10 Å². The average Bonchev–Trinajstić information content (AvgIpc) is 2.40. The van der Waals surface area contributed by atoms with Crippen LogP contribution in [0, 0.1) is 0 Å². The Morgan fingerprint density at radius 2 is 1.89 bits per heavy atom. The van der Waals surface area contributed by atoms with Crippen LogP contribution in [0.2, 0.25) is 0 Å². The van der Waals surface area contributed by atoms with E-state index in [9.17, 15) is 14.4 Å². The topological polar surface area (TPSA) is 94.2 Å². The summed E-state index contributed by atoms with van der Waals surface area (Å²) < 4.78 is 1.69. The van der Waals surface area contributed by atoms with Crippen molar-refractivity contribution in [1.29, 1.82) is 0 Å². The van der Waals surface area contributed by atoms with Gasteiger partial charge < -0.3 is 5.11 Å². The summed E-state index contributed by atoms with van der Waals surface area (Å²) in [4.78, 5) is 34.6. The number of carboxylic acid groups (broad SMARTS) is 1. The SMILES string of the molecule is Cn1nc(C(=O)O)c(=O)n(Cc2ccccc2)c1=O. The van der Waals surface area contributed by atoms with Gasteiger partial charge in [0.15, 0.2) is 0 Å². The Balaban J connectivity index is 2.60. The van der Waals surface area contributed by atoms with Gasteiger partial charge in [-0.3, -0.25) is 9.36 Å². The molecule has 0 spiro atoms. The van der Waals surface area contributed by atoms with Gasteiger partial charge in [-0.2, -0.15) is 5.10 Å². The summed E-state index contributed by atoms with van der Waals surface area (Å²) in [5, 5.41) is 12.3. The monoisotopic (exact) mass is 261 g/mol. The maximum absolute atomic E-state index is 11.9. The number of nitrogens with zero attached hydrogens (tertiary/aromatic N) is 3. The molecule has 19 heavy (non-hydrogen) atoms. The first-order chi connectivity index (χ1) is 9.00. The second-order valence-corrected chi connectivity index (χ2v) is 3.94. The molecule has 7 nitrogen and oxygen atoms in total. The number of hydrogen-bond acceptors (Lipinski definition) is 4. The van der Waals surface area contributed by atoms with Crippen molar-refractivity contribution in [3.63, 3.8) is 0 Å². The van der Waals surface area contributed by atoms with Crippen molar-refractivity contribution >= 4 is 5.97 Å². The maximum Gasteiger partial charge on any atom is 0.362 e. The molecule has 1 N–H and O–H groups in total. The molecule has 2 rings (SSSR count). The molecule has 0 saturated carbocycles. The van der Waals surface area contributed by atoms with Crippen LogP contribution in [0.1, 0.15) is 16.1 Å². The van der Waals surface area contributed by atoms with Crippen LogP contribution < -0.4 is 11.2 Å². The Morgan fingerprint density at radius 1 is 1.26 bits per heavy atom. The van der Waals surface area contributed by atoms with Crippen LogP contribution in [-0.2, 0) is 13.6 Å². The Kier molecular flexibility index (Phi) is 3.28.